The number of benzene rings is 2. The highest BCUT2D eigenvalue weighted by atomic mass is 16.7. The molecule has 6 heteroatoms. The number of nitrogens with one attached hydrogen (secondary N) is 1. The molecule has 2 aromatic carbocycles. The summed E-state index contributed by atoms with van der Waals surface area (Å²) >= 11 is 0. The van der Waals surface area contributed by atoms with Crippen molar-refractivity contribution < 1.29 is 19.1 Å². The van der Waals surface area contributed by atoms with E-state index in [1.165, 1.54) is 0 Å². The standard InChI is InChI=1S/C21H22N2O4/c1-14(16-5-3-2-4-6-16)22-21(25)17-8-10-20(24)23(17)12-15-7-9-18-19(11-15)27-13-26-18/h2-7,9,11,14,17H,8,10,12-13H2,1H3,(H,22,25). The molecule has 2 amide bonds. The molecule has 4 rings (SSSR count). The SMILES string of the molecule is CC(NC(=O)C1CCC(=O)N1Cc1ccc2c(c1)OCO2)c1ccccc1. The fourth-order valence-electron chi connectivity index (χ4n) is 3.58. The number of fused-ring (bicyclic) bond motifs is 1. The number of likely N-dealkylation sites (tertiary alicyclic amines) is 1. The highest BCUT2D eigenvalue weighted by Gasteiger charge is 2.36. The van der Waals surface area contributed by atoms with Gasteiger partial charge in [0.25, 0.3) is 0 Å². The van der Waals surface area contributed by atoms with Crippen LogP contribution in [-0.2, 0) is 16.1 Å². The summed E-state index contributed by atoms with van der Waals surface area (Å²) in [4.78, 5) is 26.8. The zero-order valence-corrected chi connectivity index (χ0v) is 15.2. The number of ether oxygens (including phenoxy) is 2. The van der Waals surface area contributed by atoms with Gasteiger partial charge in [-0.2, -0.15) is 0 Å². The van der Waals surface area contributed by atoms with Crippen LogP contribution in [0.4, 0.5) is 0 Å². The van der Waals surface area contributed by atoms with Gasteiger partial charge in [0.15, 0.2) is 11.5 Å². The average molecular weight is 366 g/mol. The van der Waals surface area contributed by atoms with Crippen LogP contribution >= 0.6 is 0 Å². The van der Waals surface area contributed by atoms with Crippen LogP contribution in [0.1, 0.15) is 36.9 Å². The molecule has 2 atom stereocenters. The molecule has 2 heterocycles. The Kier molecular flexibility index (Phi) is 4.71. The van der Waals surface area contributed by atoms with Crippen LogP contribution in [-0.4, -0.2) is 29.5 Å². The third-order valence-corrected chi connectivity index (χ3v) is 5.08. The second kappa shape index (κ2) is 7.31. The Morgan fingerprint density at radius 3 is 2.78 bits per heavy atom. The second-order valence-electron chi connectivity index (χ2n) is 6.90. The molecule has 1 fully saturated rings. The Balaban J connectivity index is 1.45. The summed E-state index contributed by atoms with van der Waals surface area (Å²) < 4.78 is 10.7. The lowest BCUT2D eigenvalue weighted by Gasteiger charge is -2.26. The van der Waals surface area contributed by atoms with Crippen LogP contribution in [0.25, 0.3) is 0 Å². The van der Waals surface area contributed by atoms with Crippen LogP contribution in [0.2, 0.25) is 0 Å². The number of hydrogen-bond acceptors (Lipinski definition) is 4. The quantitative estimate of drug-likeness (QED) is 0.884. The van der Waals surface area contributed by atoms with Gasteiger partial charge in [0.05, 0.1) is 6.04 Å². The third kappa shape index (κ3) is 3.60. The van der Waals surface area contributed by atoms with Gasteiger partial charge in [0, 0.05) is 13.0 Å². The van der Waals surface area contributed by atoms with E-state index in [-0.39, 0.29) is 24.6 Å². The number of hydrogen-bond donors (Lipinski definition) is 1. The van der Waals surface area contributed by atoms with E-state index in [9.17, 15) is 9.59 Å². The Morgan fingerprint density at radius 2 is 1.96 bits per heavy atom. The fraction of sp³-hybridized carbons (Fsp3) is 0.333. The monoisotopic (exact) mass is 366 g/mol. The maximum absolute atomic E-state index is 12.8. The van der Waals surface area contributed by atoms with Gasteiger partial charge in [-0.15, -0.1) is 0 Å². The first-order valence-corrected chi connectivity index (χ1v) is 9.15. The predicted molar refractivity (Wildman–Crippen MR) is 99.1 cm³/mol. The van der Waals surface area contributed by atoms with Gasteiger partial charge in [0.1, 0.15) is 6.04 Å². The molecular weight excluding hydrogens is 344 g/mol. The molecular formula is C21H22N2O4. The summed E-state index contributed by atoms with van der Waals surface area (Å²) in [6.07, 6.45) is 0.930. The normalized spacial score (nSPS) is 19.2. The van der Waals surface area contributed by atoms with Crippen LogP contribution in [0.3, 0.4) is 0 Å². The van der Waals surface area contributed by atoms with Gasteiger partial charge < -0.3 is 19.7 Å². The van der Waals surface area contributed by atoms with E-state index in [0.717, 1.165) is 11.1 Å². The largest absolute Gasteiger partial charge is 0.454 e. The van der Waals surface area contributed by atoms with E-state index >= 15 is 0 Å². The van der Waals surface area contributed by atoms with E-state index in [1.807, 2.05) is 55.5 Å². The Morgan fingerprint density at radius 1 is 1.19 bits per heavy atom. The van der Waals surface area contributed by atoms with Gasteiger partial charge >= 0.3 is 0 Å². The summed E-state index contributed by atoms with van der Waals surface area (Å²) in [6, 6.07) is 14.9. The Labute approximate surface area is 158 Å². The summed E-state index contributed by atoms with van der Waals surface area (Å²) in [5.74, 6) is 1.27. The molecule has 0 spiro atoms. The van der Waals surface area contributed by atoms with Crippen molar-refractivity contribution in [1.29, 1.82) is 0 Å². The van der Waals surface area contributed by atoms with E-state index in [0.29, 0.717) is 30.9 Å². The Hall–Kier alpha value is -3.02. The van der Waals surface area contributed by atoms with Crippen LogP contribution in [0.5, 0.6) is 11.5 Å². The molecule has 0 radical (unpaired) electrons. The molecule has 27 heavy (non-hydrogen) atoms. The highest BCUT2D eigenvalue weighted by Crippen LogP contribution is 2.33. The predicted octanol–water partition coefficient (Wildman–Crippen LogP) is 2.78. The maximum Gasteiger partial charge on any atom is 0.243 e. The first-order chi connectivity index (χ1) is 13.1. The molecule has 2 unspecified atom stereocenters. The van der Waals surface area contributed by atoms with Crippen molar-refractivity contribution in [3.8, 4) is 11.5 Å². The zero-order chi connectivity index (χ0) is 18.8. The van der Waals surface area contributed by atoms with Crippen molar-refractivity contribution in [2.24, 2.45) is 0 Å². The lowest BCUT2D eigenvalue weighted by molar-refractivity contribution is -0.136. The summed E-state index contributed by atoms with van der Waals surface area (Å²) in [5.41, 5.74) is 1.96. The first kappa shape index (κ1) is 17.4. The lowest BCUT2D eigenvalue weighted by Crippen LogP contribution is -2.45. The smallest absolute Gasteiger partial charge is 0.243 e. The summed E-state index contributed by atoms with van der Waals surface area (Å²) in [7, 11) is 0. The van der Waals surface area contributed by atoms with E-state index in [1.54, 1.807) is 4.90 Å². The van der Waals surface area contributed by atoms with Crippen LogP contribution < -0.4 is 14.8 Å². The number of amides is 2. The molecule has 2 aliphatic rings. The minimum absolute atomic E-state index is 0.000168. The molecule has 0 bridgehead atoms. The van der Waals surface area contributed by atoms with Gasteiger partial charge in [-0.3, -0.25) is 9.59 Å². The molecule has 1 saturated heterocycles. The average Bonchev–Trinajstić information content (AvgIpc) is 3.29. The van der Waals surface area contributed by atoms with Gasteiger partial charge in [-0.05, 0) is 36.6 Å². The van der Waals surface area contributed by atoms with E-state index < -0.39 is 6.04 Å². The molecule has 2 aliphatic heterocycles. The summed E-state index contributed by atoms with van der Waals surface area (Å²) in [5, 5.41) is 3.04. The molecule has 0 aromatic heterocycles. The first-order valence-electron chi connectivity index (χ1n) is 9.15. The van der Waals surface area contributed by atoms with Crippen molar-refractivity contribution in [2.75, 3.05) is 6.79 Å². The van der Waals surface area contributed by atoms with Crippen molar-refractivity contribution in [3.05, 3.63) is 59.7 Å². The molecule has 2 aromatic rings. The number of carbonyl (C=O) groups is 2. The zero-order valence-electron chi connectivity index (χ0n) is 15.2. The number of rotatable bonds is 5. The van der Waals surface area contributed by atoms with Crippen molar-refractivity contribution in [2.45, 2.75) is 38.4 Å². The topological polar surface area (TPSA) is 67.9 Å². The van der Waals surface area contributed by atoms with Crippen molar-refractivity contribution >= 4 is 11.8 Å². The molecule has 0 saturated carbocycles. The van der Waals surface area contributed by atoms with Crippen molar-refractivity contribution in [1.82, 2.24) is 10.2 Å². The number of carbonyl (C=O) groups excluding carboxylic acids is 2. The van der Waals surface area contributed by atoms with Crippen LogP contribution in [0.15, 0.2) is 48.5 Å². The molecule has 1 N–H and O–H groups in total. The number of nitrogens with zero attached hydrogens (tertiary/aromatic N) is 1. The Bertz CT molecular complexity index is 853. The van der Waals surface area contributed by atoms with Crippen molar-refractivity contribution in [3.63, 3.8) is 0 Å². The van der Waals surface area contributed by atoms with E-state index in [2.05, 4.69) is 5.32 Å². The van der Waals surface area contributed by atoms with Gasteiger partial charge in [0.2, 0.25) is 18.6 Å². The van der Waals surface area contributed by atoms with Gasteiger partial charge in [-0.1, -0.05) is 36.4 Å². The molecule has 140 valence electrons. The highest BCUT2D eigenvalue weighted by molar-refractivity contribution is 5.91. The summed E-state index contributed by atoms with van der Waals surface area (Å²) in [6.45, 7) is 2.54. The second-order valence-corrected chi connectivity index (χ2v) is 6.90. The molecule has 6 nitrogen and oxygen atoms in total. The van der Waals surface area contributed by atoms with Gasteiger partial charge in [-0.25, -0.2) is 0 Å². The maximum atomic E-state index is 12.8. The van der Waals surface area contributed by atoms with Crippen LogP contribution in [0, 0.1) is 0 Å². The third-order valence-electron chi connectivity index (χ3n) is 5.08. The van der Waals surface area contributed by atoms with E-state index in [4.69, 9.17) is 9.47 Å². The minimum atomic E-state index is -0.450. The minimum Gasteiger partial charge on any atom is -0.454 e. The molecule has 0 aliphatic carbocycles. The lowest BCUT2D eigenvalue weighted by atomic mass is 10.1. The fourth-order valence-corrected chi connectivity index (χ4v) is 3.58.